The molecule has 0 aliphatic heterocycles. The molecule has 0 aliphatic rings. The number of benzene rings is 2. The molecule has 2 N–H and O–H groups in total. The number of amides is 2. The molecule has 28 heavy (non-hydrogen) atoms. The first-order valence-electron chi connectivity index (χ1n) is 8.65. The molecular formula is C21H19BrN2O4. The van der Waals surface area contributed by atoms with Gasteiger partial charge in [-0.05, 0) is 55.5 Å². The van der Waals surface area contributed by atoms with E-state index in [1.165, 1.54) is 0 Å². The Morgan fingerprint density at radius 2 is 1.82 bits per heavy atom. The third-order valence-electron chi connectivity index (χ3n) is 3.93. The Hall–Kier alpha value is -3.06. The molecule has 144 valence electrons. The summed E-state index contributed by atoms with van der Waals surface area (Å²) in [6.07, 6.45) is 0.808. The van der Waals surface area contributed by atoms with Crippen molar-refractivity contribution in [3.8, 4) is 5.75 Å². The Kier molecular flexibility index (Phi) is 6.49. The minimum absolute atomic E-state index is 0.261. The van der Waals surface area contributed by atoms with Gasteiger partial charge in [0.05, 0.1) is 24.1 Å². The first-order chi connectivity index (χ1) is 13.5. The van der Waals surface area contributed by atoms with Gasteiger partial charge in [-0.1, -0.05) is 28.1 Å². The molecule has 3 rings (SSSR count). The van der Waals surface area contributed by atoms with Gasteiger partial charge in [-0.25, -0.2) is 0 Å². The molecule has 0 aliphatic carbocycles. The maximum atomic E-state index is 12.5. The molecular weight excluding hydrogens is 424 g/mol. The number of anilines is 1. The van der Waals surface area contributed by atoms with Crippen molar-refractivity contribution in [2.45, 2.75) is 19.6 Å². The Balaban J connectivity index is 1.63. The number of carbonyl (C=O) groups excluding carboxylic acids is 2. The first kappa shape index (κ1) is 19.7. The van der Waals surface area contributed by atoms with Crippen molar-refractivity contribution in [3.05, 3.63) is 82.7 Å². The molecule has 2 amide bonds. The van der Waals surface area contributed by atoms with E-state index in [0.29, 0.717) is 22.8 Å². The van der Waals surface area contributed by atoms with E-state index < -0.39 is 6.10 Å². The summed E-state index contributed by atoms with van der Waals surface area (Å²) >= 11 is 3.35. The van der Waals surface area contributed by atoms with E-state index in [-0.39, 0.29) is 18.4 Å². The van der Waals surface area contributed by atoms with Crippen LogP contribution in [0.5, 0.6) is 5.75 Å². The molecule has 0 unspecified atom stereocenters. The minimum Gasteiger partial charge on any atom is -0.481 e. The largest absolute Gasteiger partial charge is 0.481 e. The maximum Gasteiger partial charge on any atom is 0.265 e. The number of hydrogen-bond acceptors (Lipinski definition) is 4. The Morgan fingerprint density at radius 1 is 1.07 bits per heavy atom. The fraction of sp³-hybridized carbons (Fsp3) is 0.143. The van der Waals surface area contributed by atoms with Crippen LogP contribution in [0, 0.1) is 0 Å². The van der Waals surface area contributed by atoms with Gasteiger partial charge >= 0.3 is 0 Å². The summed E-state index contributed by atoms with van der Waals surface area (Å²) in [6.45, 7) is 1.91. The van der Waals surface area contributed by atoms with Gasteiger partial charge in [-0.3, -0.25) is 9.59 Å². The normalized spacial score (nSPS) is 11.5. The van der Waals surface area contributed by atoms with Crippen molar-refractivity contribution in [1.29, 1.82) is 0 Å². The van der Waals surface area contributed by atoms with Crippen LogP contribution in [0.4, 0.5) is 5.69 Å². The summed E-state index contributed by atoms with van der Waals surface area (Å²) in [5.74, 6) is 0.560. The molecule has 2 aromatic carbocycles. The van der Waals surface area contributed by atoms with Crippen molar-refractivity contribution in [3.63, 3.8) is 0 Å². The topological polar surface area (TPSA) is 80.6 Å². The number of hydrogen-bond donors (Lipinski definition) is 2. The number of nitrogens with one attached hydrogen (secondary N) is 2. The Bertz CT molecular complexity index is 939. The first-order valence-corrected chi connectivity index (χ1v) is 9.45. The standard InChI is InChI=1S/C21H19BrN2O4/c1-14(28-16-10-8-15(22)9-11-16)20(25)24-19-7-3-2-6-18(19)21(26)23-13-17-5-4-12-27-17/h2-12,14H,13H2,1H3,(H,23,26)(H,24,25)/t14-/m0/s1. The van der Waals surface area contributed by atoms with Crippen LogP contribution < -0.4 is 15.4 Å². The summed E-state index contributed by atoms with van der Waals surface area (Å²) in [6, 6.07) is 17.5. The molecule has 0 saturated heterocycles. The number of carbonyl (C=O) groups is 2. The van der Waals surface area contributed by atoms with E-state index >= 15 is 0 Å². The molecule has 0 fully saturated rings. The smallest absolute Gasteiger partial charge is 0.265 e. The van der Waals surface area contributed by atoms with E-state index in [1.807, 2.05) is 12.1 Å². The average molecular weight is 443 g/mol. The number of halogens is 1. The third-order valence-corrected chi connectivity index (χ3v) is 4.46. The maximum absolute atomic E-state index is 12.5. The highest BCUT2D eigenvalue weighted by molar-refractivity contribution is 9.10. The van der Waals surface area contributed by atoms with Crippen LogP contribution in [0.15, 0.2) is 75.8 Å². The summed E-state index contributed by atoms with van der Waals surface area (Å²) in [5.41, 5.74) is 0.772. The van der Waals surface area contributed by atoms with Crippen LogP contribution in [0.1, 0.15) is 23.0 Å². The lowest BCUT2D eigenvalue weighted by molar-refractivity contribution is -0.122. The van der Waals surface area contributed by atoms with Gasteiger partial charge in [0.25, 0.3) is 11.8 Å². The number of ether oxygens (including phenoxy) is 1. The molecule has 0 saturated carbocycles. The average Bonchev–Trinajstić information content (AvgIpc) is 3.22. The van der Waals surface area contributed by atoms with E-state index in [2.05, 4.69) is 26.6 Å². The SMILES string of the molecule is C[C@H](Oc1ccc(Br)cc1)C(=O)Nc1ccccc1C(=O)NCc1ccco1. The van der Waals surface area contributed by atoms with Crippen LogP contribution in [-0.4, -0.2) is 17.9 Å². The lowest BCUT2D eigenvalue weighted by Gasteiger charge is -2.16. The van der Waals surface area contributed by atoms with Crippen molar-refractivity contribution >= 4 is 33.4 Å². The Labute approximate surface area is 171 Å². The highest BCUT2D eigenvalue weighted by Gasteiger charge is 2.18. The molecule has 1 heterocycles. The second kappa shape index (κ2) is 9.23. The quantitative estimate of drug-likeness (QED) is 0.568. The zero-order valence-electron chi connectivity index (χ0n) is 15.1. The fourth-order valence-electron chi connectivity index (χ4n) is 2.47. The summed E-state index contributed by atoms with van der Waals surface area (Å²) < 4.78 is 11.8. The highest BCUT2D eigenvalue weighted by Crippen LogP contribution is 2.19. The van der Waals surface area contributed by atoms with Gasteiger partial charge < -0.3 is 19.8 Å². The number of rotatable bonds is 7. The molecule has 3 aromatic rings. The van der Waals surface area contributed by atoms with E-state index in [9.17, 15) is 9.59 Å². The van der Waals surface area contributed by atoms with Gasteiger partial charge in [-0.2, -0.15) is 0 Å². The fourth-order valence-corrected chi connectivity index (χ4v) is 2.74. The third kappa shape index (κ3) is 5.23. The predicted octanol–water partition coefficient (Wildman–Crippen LogP) is 4.38. The minimum atomic E-state index is -0.736. The van der Waals surface area contributed by atoms with Gasteiger partial charge in [0.1, 0.15) is 11.5 Å². The number of para-hydroxylation sites is 1. The summed E-state index contributed by atoms with van der Waals surface area (Å²) in [5, 5.41) is 5.53. The van der Waals surface area contributed by atoms with Crippen molar-refractivity contribution < 1.29 is 18.7 Å². The monoisotopic (exact) mass is 442 g/mol. The zero-order chi connectivity index (χ0) is 19.9. The summed E-state index contributed by atoms with van der Waals surface area (Å²) in [7, 11) is 0. The zero-order valence-corrected chi connectivity index (χ0v) is 16.7. The molecule has 0 radical (unpaired) electrons. The predicted molar refractivity (Wildman–Crippen MR) is 109 cm³/mol. The molecule has 7 heteroatoms. The van der Waals surface area contributed by atoms with Crippen LogP contribution in [0.2, 0.25) is 0 Å². The molecule has 0 spiro atoms. The van der Waals surface area contributed by atoms with Crippen LogP contribution in [0.25, 0.3) is 0 Å². The Morgan fingerprint density at radius 3 is 2.54 bits per heavy atom. The van der Waals surface area contributed by atoms with Crippen molar-refractivity contribution in [2.75, 3.05) is 5.32 Å². The highest BCUT2D eigenvalue weighted by atomic mass is 79.9. The second-order valence-electron chi connectivity index (χ2n) is 6.01. The lowest BCUT2D eigenvalue weighted by atomic mass is 10.1. The molecule has 1 aromatic heterocycles. The van der Waals surface area contributed by atoms with Crippen LogP contribution in [-0.2, 0) is 11.3 Å². The molecule has 1 atom stereocenters. The molecule has 6 nitrogen and oxygen atoms in total. The van der Waals surface area contributed by atoms with Gasteiger partial charge in [-0.15, -0.1) is 0 Å². The molecule has 0 bridgehead atoms. The second-order valence-corrected chi connectivity index (χ2v) is 6.93. The van der Waals surface area contributed by atoms with E-state index in [0.717, 1.165) is 4.47 Å². The van der Waals surface area contributed by atoms with Crippen molar-refractivity contribution in [1.82, 2.24) is 5.32 Å². The van der Waals surface area contributed by atoms with Crippen LogP contribution in [0.3, 0.4) is 0 Å². The van der Waals surface area contributed by atoms with E-state index in [1.54, 1.807) is 61.7 Å². The van der Waals surface area contributed by atoms with Gasteiger partial charge in [0.15, 0.2) is 6.10 Å². The number of furan rings is 1. The van der Waals surface area contributed by atoms with Gasteiger partial charge in [0, 0.05) is 4.47 Å². The van der Waals surface area contributed by atoms with Crippen molar-refractivity contribution in [2.24, 2.45) is 0 Å². The lowest BCUT2D eigenvalue weighted by Crippen LogP contribution is -2.31. The van der Waals surface area contributed by atoms with Gasteiger partial charge in [0.2, 0.25) is 0 Å². The summed E-state index contributed by atoms with van der Waals surface area (Å²) in [4.78, 5) is 25.0. The van der Waals surface area contributed by atoms with E-state index in [4.69, 9.17) is 9.15 Å². The van der Waals surface area contributed by atoms with Crippen LogP contribution >= 0.6 is 15.9 Å².